The van der Waals surface area contributed by atoms with Crippen molar-refractivity contribution >= 4 is 51.1 Å². The average molecular weight is 579 g/mol. The van der Waals surface area contributed by atoms with E-state index in [1.807, 2.05) is 65.3 Å². The second-order valence-corrected chi connectivity index (χ2v) is 9.28. The van der Waals surface area contributed by atoms with E-state index in [4.69, 9.17) is 21.4 Å². The average Bonchev–Trinajstić information content (AvgIpc) is 3.20. The van der Waals surface area contributed by atoms with Crippen LogP contribution in [0.1, 0.15) is 27.0 Å². The molecule has 0 saturated heterocycles. The van der Waals surface area contributed by atoms with Crippen LogP contribution in [0, 0.1) is 3.70 Å². The minimum Gasteiger partial charge on any atom is -0.465 e. The molecule has 4 nitrogen and oxygen atoms in total. The number of hydrogen-bond acceptors (Lipinski definition) is 3. The Labute approximate surface area is 216 Å². The van der Waals surface area contributed by atoms with Gasteiger partial charge in [0.05, 0.1) is 23.2 Å². The van der Waals surface area contributed by atoms with Gasteiger partial charge in [0.15, 0.2) is 0 Å². The van der Waals surface area contributed by atoms with Crippen LogP contribution in [0.5, 0.6) is 0 Å². The van der Waals surface area contributed by atoms with Gasteiger partial charge in [-0.3, -0.25) is 0 Å². The Kier molecular flexibility index (Phi) is 6.15. The lowest BCUT2D eigenvalue weighted by atomic mass is 9.77. The monoisotopic (exact) mass is 578 g/mol. The Hall–Kier alpha value is -3.16. The number of aromatic nitrogens is 2. The lowest BCUT2D eigenvalue weighted by Gasteiger charge is -2.37. The van der Waals surface area contributed by atoms with Gasteiger partial charge in [0.1, 0.15) is 9.24 Å². The van der Waals surface area contributed by atoms with E-state index in [1.54, 1.807) is 6.07 Å². The van der Waals surface area contributed by atoms with Crippen LogP contribution < -0.4 is 0 Å². The number of fused-ring (bicyclic) bond motifs is 1. The van der Waals surface area contributed by atoms with Crippen molar-refractivity contribution in [1.82, 2.24) is 9.78 Å². The number of benzene rings is 4. The first kappa shape index (κ1) is 22.6. The third-order valence-electron chi connectivity index (χ3n) is 6.02. The second-order valence-electron chi connectivity index (χ2n) is 7.85. The molecule has 168 valence electrons. The molecular formula is C28H20ClIN2O2. The Bertz CT molecular complexity index is 1370. The smallest absolute Gasteiger partial charge is 0.339 e. The van der Waals surface area contributed by atoms with Gasteiger partial charge in [-0.05, 0) is 51.4 Å². The fourth-order valence-electron chi connectivity index (χ4n) is 4.53. The molecule has 0 unspecified atom stereocenters. The van der Waals surface area contributed by atoms with Crippen molar-refractivity contribution in [3.8, 4) is 0 Å². The molecule has 0 radical (unpaired) electrons. The summed E-state index contributed by atoms with van der Waals surface area (Å²) in [4.78, 5) is 12.3. The van der Waals surface area contributed by atoms with Gasteiger partial charge in [-0.1, -0.05) is 103 Å². The van der Waals surface area contributed by atoms with Crippen molar-refractivity contribution in [2.45, 2.75) is 5.54 Å². The van der Waals surface area contributed by atoms with Gasteiger partial charge < -0.3 is 4.74 Å². The molecule has 4 aromatic carbocycles. The van der Waals surface area contributed by atoms with E-state index in [2.05, 4.69) is 59.0 Å². The van der Waals surface area contributed by atoms with Gasteiger partial charge in [0.2, 0.25) is 0 Å². The maximum absolute atomic E-state index is 12.3. The number of methoxy groups -OCH3 is 1. The van der Waals surface area contributed by atoms with Gasteiger partial charge in [0, 0.05) is 5.39 Å². The van der Waals surface area contributed by atoms with Gasteiger partial charge in [-0.15, -0.1) is 0 Å². The van der Waals surface area contributed by atoms with Gasteiger partial charge in [0.25, 0.3) is 0 Å². The SMILES string of the molecule is COC(=O)c1cc2c(I)nn(C(c3ccccc3)(c3ccccc3)c3ccccc3)c2cc1Cl. The third-order valence-corrected chi connectivity index (χ3v) is 7.13. The summed E-state index contributed by atoms with van der Waals surface area (Å²) in [7, 11) is 1.35. The van der Waals surface area contributed by atoms with E-state index < -0.39 is 11.5 Å². The fourth-order valence-corrected chi connectivity index (χ4v) is 5.41. The molecule has 0 aliphatic carbocycles. The summed E-state index contributed by atoms with van der Waals surface area (Å²) in [5.41, 5.74) is 3.53. The molecule has 1 heterocycles. The topological polar surface area (TPSA) is 44.1 Å². The van der Waals surface area contributed by atoms with Gasteiger partial charge in [-0.25, -0.2) is 9.48 Å². The van der Waals surface area contributed by atoms with Crippen molar-refractivity contribution < 1.29 is 9.53 Å². The number of hydrogen-bond donors (Lipinski definition) is 0. The van der Waals surface area contributed by atoms with E-state index in [0.29, 0.717) is 10.6 Å². The molecule has 0 aliphatic rings. The maximum atomic E-state index is 12.3. The summed E-state index contributed by atoms with van der Waals surface area (Å²) in [6.07, 6.45) is 0. The minimum absolute atomic E-state index is 0.318. The normalized spacial score (nSPS) is 11.5. The zero-order valence-electron chi connectivity index (χ0n) is 18.3. The fraction of sp³-hybridized carbons (Fsp3) is 0.0714. The van der Waals surface area contributed by atoms with E-state index in [1.165, 1.54) is 7.11 Å². The highest BCUT2D eigenvalue weighted by Gasteiger charge is 2.41. The standard InChI is InChI=1S/C28H20ClIN2O2/c1-34-27(33)22-17-23-25(18-24(22)29)32(31-26(23)30)28(19-11-5-2-6-12-19,20-13-7-3-8-14-20)21-15-9-4-10-16-21/h2-18H,1H3. The van der Waals surface area contributed by atoms with Crippen LogP contribution in [0.4, 0.5) is 0 Å². The van der Waals surface area contributed by atoms with Crippen molar-refractivity contribution in [3.63, 3.8) is 0 Å². The van der Waals surface area contributed by atoms with E-state index in [9.17, 15) is 4.79 Å². The van der Waals surface area contributed by atoms with Crippen LogP contribution in [-0.2, 0) is 10.3 Å². The molecule has 34 heavy (non-hydrogen) atoms. The van der Waals surface area contributed by atoms with Crippen LogP contribution in [0.2, 0.25) is 5.02 Å². The number of nitrogens with zero attached hydrogens (tertiary/aromatic N) is 2. The molecule has 0 N–H and O–H groups in total. The molecule has 0 spiro atoms. The zero-order chi connectivity index (χ0) is 23.7. The van der Waals surface area contributed by atoms with Crippen LogP contribution in [0.3, 0.4) is 0 Å². The molecule has 0 saturated carbocycles. The van der Waals surface area contributed by atoms with Gasteiger partial charge >= 0.3 is 5.97 Å². The number of rotatable bonds is 5. The van der Waals surface area contributed by atoms with Crippen molar-refractivity contribution in [2.24, 2.45) is 0 Å². The first-order valence-electron chi connectivity index (χ1n) is 10.7. The summed E-state index contributed by atoms with van der Waals surface area (Å²) < 4.78 is 7.73. The highest BCUT2D eigenvalue weighted by Crippen LogP contribution is 2.43. The van der Waals surface area contributed by atoms with E-state index in [-0.39, 0.29) is 0 Å². The van der Waals surface area contributed by atoms with Crippen molar-refractivity contribution in [2.75, 3.05) is 7.11 Å². The Balaban J connectivity index is 1.95. The van der Waals surface area contributed by atoms with Crippen LogP contribution in [0.25, 0.3) is 10.9 Å². The summed E-state index contributed by atoms with van der Waals surface area (Å²) in [6, 6.07) is 34.5. The van der Waals surface area contributed by atoms with E-state index >= 15 is 0 Å². The molecule has 5 rings (SSSR count). The second kappa shape index (κ2) is 9.24. The Morgan fingerprint density at radius 3 is 1.76 bits per heavy atom. The molecule has 0 aliphatic heterocycles. The lowest BCUT2D eigenvalue weighted by molar-refractivity contribution is 0.0601. The highest BCUT2D eigenvalue weighted by atomic mass is 127. The van der Waals surface area contributed by atoms with E-state index in [0.717, 1.165) is 31.3 Å². The predicted octanol–water partition coefficient (Wildman–Crippen LogP) is 6.92. The minimum atomic E-state index is -0.776. The van der Waals surface area contributed by atoms with Crippen LogP contribution >= 0.6 is 34.2 Å². The number of carbonyl (C=O) groups excluding carboxylic acids is 1. The first-order chi connectivity index (χ1) is 16.6. The molecule has 0 bridgehead atoms. The Morgan fingerprint density at radius 2 is 1.32 bits per heavy atom. The summed E-state index contributed by atoms with van der Waals surface area (Å²) in [5.74, 6) is -0.476. The molecular weight excluding hydrogens is 559 g/mol. The highest BCUT2D eigenvalue weighted by molar-refractivity contribution is 14.1. The number of carbonyl (C=O) groups is 1. The van der Waals surface area contributed by atoms with Crippen molar-refractivity contribution in [3.05, 3.63) is 134 Å². The molecule has 6 heteroatoms. The summed E-state index contributed by atoms with van der Waals surface area (Å²) in [5, 5.41) is 6.20. The maximum Gasteiger partial charge on any atom is 0.339 e. The quantitative estimate of drug-likeness (QED) is 0.129. The largest absolute Gasteiger partial charge is 0.465 e. The van der Waals surface area contributed by atoms with Crippen molar-refractivity contribution in [1.29, 1.82) is 0 Å². The van der Waals surface area contributed by atoms with Crippen LogP contribution in [-0.4, -0.2) is 22.9 Å². The summed E-state index contributed by atoms with van der Waals surface area (Å²) >= 11 is 8.82. The third kappa shape index (κ3) is 3.60. The molecule has 0 atom stereocenters. The molecule has 0 fully saturated rings. The van der Waals surface area contributed by atoms with Crippen LogP contribution in [0.15, 0.2) is 103 Å². The summed E-state index contributed by atoms with van der Waals surface area (Å²) in [6.45, 7) is 0. The Morgan fingerprint density at radius 1 is 0.853 bits per heavy atom. The number of ether oxygens (including phenoxy) is 1. The molecule has 0 amide bonds. The predicted molar refractivity (Wildman–Crippen MR) is 143 cm³/mol. The molecule has 5 aromatic rings. The zero-order valence-corrected chi connectivity index (χ0v) is 21.2. The molecule has 1 aromatic heterocycles. The van der Waals surface area contributed by atoms with Gasteiger partial charge in [-0.2, -0.15) is 5.10 Å². The first-order valence-corrected chi connectivity index (χ1v) is 12.2. The lowest BCUT2D eigenvalue weighted by Crippen LogP contribution is -2.38. The number of esters is 1. The number of halogens is 2.